The Bertz CT molecular complexity index is 711. The van der Waals surface area contributed by atoms with E-state index in [4.69, 9.17) is 4.42 Å². The summed E-state index contributed by atoms with van der Waals surface area (Å²) in [5, 5.41) is 12.2. The Morgan fingerprint density at radius 2 is 1.88 bits per heavy atom. The predicted molar refractivity (Wildman–Crippen MR) is 87.4 cm³/mol. The van der Waals surface area contributed by atoms with Crippen LogP contribution in [-0.2, 0) is 4.79 Å². The minimum Gasteiger partial charge on any atom is -0.481 e. The highest BCUT2D eigenvalue weighted by molar-refractivity contribution is 5.93. The Hall–Kier alpha value is -2.63. The number of oxazole rings is 1. The molecule has 3 rings (SSSR count). The molecule has 2 aromatic rings. The molecule has 1 aromatic carbocycles. The number of amides is 1. The molecule has 0 saturated heterocycles. The first kappa shape index (κ1) is 16.2. The molecule has 1 amide bonds. The molecule has 1 aliphatic carbocycles. The van der Waals surface area contributed by atoms with E-state index in [2.05, 4.69) is 10.3 Å². The molecular weight excluding hydrogens is 308 g/mol. The zero-order valence-corrected chi connectivity index (χ0v) is 13.3. The number of nitrogens with one attached hydrogen (secondary N) is 1. The number of hydrogen-bond acceptors (Lipinski definition) is 4. The molecule has 6 heteroatoms. The van der Waals surface area contributed by atoms with E-state index >= 15 is 0 Å². The van der Waals surface area contributed by atoms with Crippen LogP contribution in [-0.4, -0.2) is 28.0 Å². The van der Waals surface area contributed by atoms with Gasteiger partial charge in [-0.1, -0.05) is 37.5 Å². The van der Waals surface area contributed by atoms with Crippen LogP contribution in [0.25, 0.3) is 11.5 Å². The van der Waals surface area contributed by atoms with Crippen molar-refractivity contribution in [2.75, 3.05) is 0 Å². The molecule has 0 bridgehead atoms. The highest BCUT2D eigenvalue weighted by atomic mass is 16.4. The van der Waals surface area contributed by atoms with E-state index in [1.165, 1.54) is 6.26 Å². The smallest absolute Gasteiger partial charge is 0.308 e. The molecule has 1 saturated carbocycles. The summed E-state index contributed by atoms with van der Waals surface area (Å²) in [7, 11) is 0. The van der Waals surface area contributed by atoms with Crippen LogP contribution in [0.5, 0.6) is 0 Å². The van der Waals surface area contributed by atoms with E-state index < -0.39 is 11.9 Å². The third-order valence-corrected chi connectivity index (χ3v) is 4.41. The normalized spacial score (nSPS) is 21.0. The van der Waals surface area contributed by atoms with Gasteiger partial charge in [0.25, 0.3) is 5.91 Å². The van der Waals surface area contributed by atoms with E-state index in [-0.39, 0.29) is 17.6 Å². The first-order valence-corrected chi connectivity index (χ1v) is 8.20. The quantitative estimate of drug-likeness (QED) is 0.841. The Labute approximate surface area is 139 Å². The van der Waals surface area contributed by atoms with Crippen molar-refractivity contribution >= 4 is 11.9 Å². The summed E-state index contributed by atoms with van der Waals surface area (Å²) in [5.41, 5.74) is 0.955. The zero-order valence-electron chi connectivity index (χ0n) is 13.3. The van der Waals surface area contributed by atoms with Gasteiger partial charge in [0.05, 0.1) is 5.92 Å². The second-order valence-corrected chi connectivity index (χ2v) is 6.07. The molecule has 0 aliphatic heterocycles. The maximum Gasteiger partial charge on any atom is 0.308 e. The maximum absolute atomic E-state index is 12.4. The van der Waals surface area contributed by atoms with Gasteiger partial charge in [0, 0.05) is 11.6 Å². The zero-order chi connectivity index (χ0) is 16.9. The monoisotopic (exact) mass is 328 g/mol. The molecular formula is C18H20N2O4. The first-order valence-electron chi connectivity index (χ1n) is 8.20. The highest BCUT2D eigenvalue weighted by Crippen LogP contribution is 2.24. The van der Waals surface area contributed by atoms with E-state index in [1.807, 2.05) is 30.3 Å². The number of carboxylic acid groups (broad SMARTS) is 1. The molecule has 1 aromatic heterocycles. The van der Waals surface area contributed by atoms with Crippen molar-refractivity contribution < 1.29 is 19.1 Å². The topological polar surface area (TPSA) is 92.4 Å². The van der Waals surface area contributed by atoms with Crippen LogP contribution in [0.1, 0.15) is 42.6 Å². The number of hydrogen-bond donors (Lipinski definition) is 2. The van der Waals surface area contributed by atoms with E-state index in [1.54, 1.807) is 0 Å². The lowest BCUT2D eigenvalue weighted by molar-refractivity contribution is -0.142. The molecule has 2 N–H and O–H groups in total. The maximum atomic E-state index is 12.4. The van der Waals surface area contributed by atoms with Crippen molar-refractivity contribution in [1.29, 1.82) is 0 Å². The molecule has 2 atom stereocenters. The summed E-state index contributed by atoms with van der Waals surface area (Å²) in [6.45, 7) is 0. The highest BCUT2D eigenvalue weighted by Gasteiger charge is 2.31. The summed E-state index contributed by atoms with van der Waals surface area (Å²) >= 11 is 0. The summed E-state index contributed by atoms with van der Waals surface area (Å²) < 4.78 is 5.37. The molecule has 6 nitrogen and oxygen atoms in total. The van der Waals surface area contributed by atoms with E-state index in [9.17, 15) is 14.7 Å². The molecule has 0 unspecified atom stereocenters. The van der Waals surface area contributed by atoms with Crippen molar-refractivity contribution in [3.05, 3.63) is 42.3 Å². The van der Waals surface area contributed by atoms with Gasteiger partial charge in [-0.15, -0.1) is 0 Å². The van der Waals surface area contributed by atoms with Gasteiger partial charge in [-0.2, -0.15) is 0 Å². The van der Waals surface area contributed by atoms with Crippen molar-refractivity contribution in [2.45, 2.75) is 38.1 Å². The summed E-state index contributed by atoms with van der Waals surface area (Å²) in [4.78, 5) is 28.1. The number of aliphatic carboxylic acids is 1. The fraction of sp³-hybridized carbons (Fsp3) is 0.389. The van der Waals surface area contributed by atoms with Crippen LogP contribution in [0.2, 0.25) is 0 Å². The number of aromatic nitrogens is 1. The molecule has 1 aliphatic rings. The molecule has 126 valence electrons. The third-order valence-electron chi connectivity index (χ3n) is 4.41. The lowest BCUT2D eigenvalue weighted by Crippen LogP contribution is -2.42. The summed E-state index contributed by atoms with van der Waals surface area (Å²) in [6.07, 6.45) is 5.37. The number of carboxylic acids is 1. The van der Waals surface area contributed by atoms with Gasteiger partial charge in [0.15, 0.2) is 5.69 Å². The van der Waals surface area contributed by atoms with Gasteiger partial charge in [0.2, 0.25) is 5.89 Å². The third kappa shape index (κ3) is 3.64. The average molecular weight is 328 g/mol. The number of rotatable bonds is 4. The lowest BCUT2D eigenvalue weighted by atomic mass is 9.95. The Kier molecular flexibility index (Phi) is 4.93. The molecule has 1 heterocycles. The number of benzene rings is 1. The second kappa shape index (κ2) is 7.29. The minimum atomic E-state index is -0.854. The van der Waals surface area contributed by atoms with Crippen molar-refractivity contribution in [2.24, 2.45) is 5.92 Å². The number of carbonyl (C=O) groups is 2. The van der Waals surface area contributed by atoms with Crippen LogP contribution < -0.4 is 5.32 Å². The van der Waals surface area contributed by atoms with Crippen LogP contribution in [0, 0.1) is 5.92 Å². The standard InChI is InChI=1S/C18H20N2O4/c21-16(19-14-10-6-2-5-9-13(14)18(22)23)15-11-24-17(20-15)12-7-3-1-4-8-12/h1,3-4,7-8,11,13-14H,2,5-6,9-10H2,(H,19,21)(H,22,23)/t13-,14+/m1/s1. The fourth-order valence-electron chi connectivity index (χ4n) is 3.11. The van der Waals surface area contributed by atoms with Gasteiger partial charge in [-0.3, -0.25) is 9.59 Å². The Balaban J connectivity index is 1.72. The molecule has 1 fully saturated rings. The van der Waals surface area contributed by atoms with Crippen LogP contribution >= 0.6 is 0 Å². The SMILES string of the molecule is O=C(N[C@H]1CCCCC[C@H]1C(=O)O)c1coc(-c2ccccc2)n1. The van der Waals surface area contributed by atoms with Gasteiger partial charge in [-0.05, 0) is 25.0 Å². The predicted octanol–water partition coefficient (Wildman–Crippen LogP) is 3.10. The largest absolute Gasteiger partial charge is 0.481 e. The first-order chi connectivity index (χ1) is 11.6. The van der Waals surface area contributed by atoms with Gasteiger partial charge < -0.3 is 14.8 Å². The van der Waals surface area contributed by atoms with Crippen molar-refractivity contribution in [3.8, 4) is 11.5 Å². The average Bonchev–Trinajstić information content (AvgIpc) is 2.97. The van der Waals surface area contributed by atoms with Gasteiger partial charge in [0.1, 0.15) is 6.26 Å². The lowest BCUT2D eigenvalue weighted by Gasteiger charge is -2.22. The van der Waals surface area contributed by atoms with Gasteiger partial charge in [-0.25, -0.2) is 4.98 Å². The number of nitrogens with zero attached hydrogens (tertiary/aromatic N) is 1. The number of carbonyl (C=O) groups excluding carboxylic acids is 1. The molecule has 0 radical (unpaired) electrons. The van der Waals surface area contributed by atoms with Crippen LogP contribution in [0.3, 0.4) is 0 Å². The van der Waals surface area contributed by atoms with Crippen LogP contribution in [0.15, 0.2) is 41.0 Å². The minimum absolute atomic E-state index is 0.169. The summed E-state index contributed by atoms with van der Waals surface area (Å²) in [5.74, 6) is -1.42. The van der Waals surface area contributed by atoms with Crippen molar-refractivity contribution in [3.63, 3.8) is 0 Å². The Morgan fingerprint density at radius 3 is 2.62 bits per heavy atom. The van der Waals surface area contributed by atoms with Crippen molar-refractivity contribution in [1.82, 2.24) is 10.3 Å². The second-order valence-electron chi connectivity index (χ2n) is 6.07. The van der Waals surface area contributed by atoms with E-state index in [0.717, 1.165) is 24.8 Å². The molecule has 0 spiro atoms. The Morgan fingerprint density at radius 1 is 1.12 bits per heavy atom. The van der Waals surface area contributed by atoms with Crippen LogP contribution in [0.4, 0.5) is 0 Å². The van der Waals surface area contributed by atoms with Gasteiger partial charge >= 0.3 is 5.97 Å². The summed E-state index contributed by atoms with van der Waals surface area (Å²) in [6, 6.07) is 8.94. The fourth-order valence-corrected chi connectivity index (χ4v) is 3.11. The molecule has 24 heavy (non-hydrogen) atoms. The van der Waals surface area contributed by atoms with E-state index in [0.29, 0.717) is 18.7 Å².